The lowest BCUT2D eigenvalue weighted by molar-refractivity contribution is -0.131. The maximum atomic E-state index is 13.3. The number of pyridine rings is 1. The van der Waals surface area contributed by atoms with E-state index >= 15 is 0 Å². The third-order valence-corrected chi connectivity index (χ3v) is 6.94. The van der Waals surface area contributed by atoms with Crippen molar-refractivity contribution >= 4 is 45.4 Å². The Bertz CT molecular complexity index is 1320. The average Bonchev–Trinajstić information content (AvgIpc) is 3.76. The molecule has 1 heterocycles. The average molecular weight is 524 g/mol. The van der Waals surface area contributed by atoms with Crippen molar-refractivity contribution < 1.29 is 14.3 Å². The summed E-state index contributed by atoms with van der Waals surface area (Å²) in [7, 11) is 4.95. The molecule has 8 nitrogen and oxygen atoms in total. The molecule has 2 aliphatic carbocycles. The lowest BCUT2D eigenvalue weighted by Gasteiger charge is -2.22. The van der Waals surface area contributed by atoms with Crippen LogP contribution in [0.2, 0.25) is 5.15 Å². The van der Waals surface area contributed by atoms with E-state index in [-0.39, 0.29) is 26.8 Å². The van der Waals surface area contributed by atoms with Gasteiger partial charge in [0.2, 0.25) is 5.91 Å². The molecule has 1 aromatic carbocycles. The van der Waals surface area contributed by atoms with E-state index in [1.165, 1.54) is 13.3 Å². The Morgan fingerprint density at radius 1 is 1.22 bits per heavy atom. The van der Waals surface area contributed by atoms with E-state index in [4.69, 9.17) is 27.2 Å². The van der Waals surface area contributed by atoms with Gasteiger partial charge in [-0.05, 0) is 72.7 Å². The molecule has 186 valence electrons. The number of rotatable bonds is 5. The molecular formula is C26H26ClN5O3S. The lowest BCUT2D eigenvalue weighted by Crippen LogP contribution is -2.34. The molecule has 2 fully saturated rings. The highest BCUT2D eigenvalue weighted by molar-refractivity contribution is 8.26. The number of nitrogens with zero attached hydrogens (tertiary/aromatic N) is 2. The molecule has 0 bridgehead atoms. The minimum Gasteiger partial charge on any atom is -0.494 e. The number of carbonyl (C=O) groups excluding carboxylic acids is 2. The van der Waals surface area contributed by atoms with Crippen LogP contribution in [-0.2, 0) is 10.2 Å². The third kappa shape index (κ3) is 5.55. The monoisotopic (exact) mass is 523 g/mol. The standard InChI is InChI=1S/C26H26ClN5O3S/c1-32(2)24(34)26(10-11-26)16-7-8-17(18(12-16)19-13-21(27)30-14-20(19)35-3)23(33)31-25(29)36-22(28)9-6-15-4-5-15/h7-8,12-15,28H,4-5,10-11H2,1-3H3,(H2,29,31,33). The van der Waals surface area contributed by atoms with Crippen LogP contribution in [0.5, 0.6) is 5.75 Å². The number of thioether (sulfide) groups is 1. The van der Waals surface area contributed by atoms with E-state index in [9.17, 15) is 9.59 Å². The summed E-state index contributed by atoms with van der Waals surface area (Å²) < 4.78 is 5.48. The Hall–Kier alpha value is -3.35. The summed E-state index contributed by atoms with van der Waals surface area (Å²) in [5.74, 6) is 5.93. The van der Waals surface area contributed by atoms with E-state index in [2.05, 4.69) is 22.1 Å². The number of nitrogens with one attached hydrogen (secondary N) is 3. The van der Waals surface area contributed by atoms with E-state index in [0.29, 0.717) is 35.6 Å². The van der Waals surface area contributed by atoms with Crippen LogP contribution in [0.4, 0.5) is 0 Å². The van der Waals surface area contributed by atoms with Gasteiger partial charge in [0, 0.05) is 31.1 Å². The summed E-state index contributed by atoms with van der Waals surface area (Å²) in [5.41, 5.74) is 1.48. The number of carbonyl (C=O) groups is 2. The molecule has 0 aliphatic heterocycles. The van der Waals surface area contributed by atoms with E-state index < -0.39 is 11.3 Å². The zero-order valence-electron chi connectivity index (χ0n) is 20.2. The van der Waals surface area contributed by atoms with Crippen LogP contribution in [0.3, 0.4) is 0 Å². The molecule has 0 spiro atoms. The minimum absolute atomic E-state index is 0.00299. The first kappa shape index (κ1) is 25.7. The Morgan fingerprint density at radius 2 is 1.94 bits per heavy atom. The fourth-order valence-electron chi connectivity index (χ4n) is 3.95. The normalized spacial score (nSPS) is 15.2. The molecule has 36 heavy (non-hydrogen) atoms. The fourth-order valence-corrected chi connectivity index (χ4v) is 4.57. The molecule has 0 saturated heterocycles. The maximum Gasteiger partial charge on any atom is 0.257 e. The molecule has 1 aromatic heterocycles. The van der Waals surface area contributed by atoms with Gasteiger partial charge >= 0.3 is 0 Å². The van der Waals surface area contributed by atoms with Crippen molar-refractivity contribution in [1.29, 1.82) is 10.8 Å². The van der Waals surface area contributed by atoms with Gasteiger partial charge in [-0.25, -0.2) is 4.98 Å². The summed E-state index contributed by atoms with van der Waals surface area (Å²) >= 11 is 6.97. The largest absolute Gasteiger partial charge is 0.494 e. The molecule has 0 atom stereocenters. The predicted molar refractivity (Wildman–Crippen MR) is 142 cm³/mol. The second-order valence-electron chi connectivity index (χ2n) is 9.01. The van der Waals surface area contributed by atoms with Gasteiger partial charge in [0.15, 0.2) is 5.17 Å². The Labute approximate surface area is 219 Å². The van der Waals surface area contributed by atoms with Gasteiger partial charge in [0.05, 0.1) is 18.7 Å². The number of amidine groups is 1. The zero-order valence-corrected chi connectivity index (χ0v) is 21.8. The first-order valence-electron chi connectivity index (χ1n) is 11.4. The smallest absolute Gasteiger partial charge is 0.257 e. The number of halogens is 1. The van der Waals surface area contributed by atoms with Gasteiger partial charge in [-0.1, -0.05) is 23.6 Å². The van der Waals surface area contributed by atoms with Crippen molar-refractivity contribution in [1.82, 2.24) is 15.2 Å². The summed E-state index contributed by atoms with van der Waals surface area (Å²) in [4.78, 5) is 31.9. The number of methoxy groups -OCH3 is 1. The van der Waals surface area contributed by atoms with Crippen molar-refractivity contribution in [2.45, 2.75) is 31.1 Å². The molecule has 0 radical (unpaired) electrons. The Balaban J connectivity index is 1.68. The molecule has 2 amide bonds. The van der Waals surface area contributed by atoms with Crippen LogP contribution in [-0.4, -0.2) is 53.1 Å². The lowest BCUT2D eigenvalue weighted by atomic mass is 9.88. The molecule has 4 rings (SSSR count). The number of amides is 2. The van der Waals surface area contributed by atoms with Crippen molar-refractivity contribution in [2.24, 2.45) is 5.92 Å². The van der Waals surface area contributed by atoms with Crippen molar-refractivity contribution in [3.63, 3.8) is 0 Å². The van der Waals surface area contributed by atoms with Crippen molar-refractivity contribution in [3.8, 4) is 28.7 Å². The molecule has 2 aliphatic rings. The van der Waals surface area contributed by atoms with Crippen molar-refractivity contribution in [2.75, 3.05) is 21.2 Å². The van der Waals surface area contributed by atoms with Gasteiger partial charge in [-0.2, -0.15) is 0 Å². The highest BCUT2D eigenvalue weighted by atomic mass is 35.5. The molecule has 2 saturated carbocycles. The first-order valence-corrected chi connectivity index (χ1v) is 12.6. The number of hydrogen-bond acceptors (Lipinski definition) is 7. The van der Waals surface area contributed by atoms with Gasteiger partial charge in [0.1, 0.15) is 15.9 Å². The van der Waals surface area contributed by atoms with Gasteiger partial charge in [0.25, 0.3) is 5.91 Å². The van der Waals surface area contributed by atoms with Crippen LogP contribution in [0.25, 0.3) is 11.1 Å². The van der Waals surface area contributed by atoms with Gasteiger partial charge < -0.3 is 15.0 Å². The highest BCUT2D eigenvalue weighted by Crippen LogP contribution is 2.50. The Morgan fingerprint density at radius 3 is 2.56 bits per heavy atom. The number of benzene rings is 1. The summed E-state index contributed by atoms with van der Waals surface area (Å²) in [5, 5.41) is 18.7. The van der Waals surface area contributed by atoms with Crippen LogP contribution in [0.1, 0.15) is 41.6 Å². The molecule has 10 heteroatoms. The molecule has 0 unspecified atom stereocenters. The maximum absolute atomic E-state index is 13.3. The van der Waals surface area contributed by atoms with Crippen LogP contribution in [0.15, 0.2) is 30.5 Å². The van der Waals surface area contributed by atoms with Gasteiger partial charge in [-0.3, -0.25) is 20.4 Å². The zero-order chi connectivity index (χ0) is 26.0. The van der Waals surface area contributed by atoms with E-state index in [0.717, 1.165) is 30.2 Å². The fraction of sp³-hybridized carbons (Fsp3) is 0.346. The van der Waals surface area contributed by atoms with Gasteiger partial charge in [-0.15, -0.1) is 0 Å². The van der Waals surface area contributed by atoms with E-state index in [1.807, 2.05) is 6.07 Å². The summed E-state index contributed by atoms with van der Waals surface area (Å²) in [6, 6.07) is 6.85. The Kier molecular flexibility index (Phi) is 7.38. The number of ether oxygens (including phenoxy) is 1. The molecule has 2 aromatic rings. The number of hydrogen-bond donors (Lipinski definition) is 3. The number of aromatic nitrogens is 1. The molecule has 3 N–H and O–H groups in total. The number of likely N-dealkylation sites (N-methyl/N-ethyl adjacent to an activating group) is 1. The summed E-state index contributed by atoms with van der Waals surface area (Å²) in [6.45, 7) is 0. The highest BCUT2D eigenvalue weighted by Gasteiger charge is 2.52. The van der Waals surface area contributed by atoms with Crippen LogP contribution in [0, 0.1) is 28.6 Å². The molecular weight excluding hydrogens is 498 g/mol. The second-order valence-corrected chi connectivity index (χ2v) is 10.4. The second kappa shape index (κ2) is 10.3. The summed E-state index contributed by atoms with van der Waals surface area (Å²) in [6.07, 6.45) is 4.99. The predicted octanol–water partition coefficient (Wildman–Crippen LogP) is 4.32. The minimum atomic E-state index is -0.630. The SMILES string of the molecule is COc1cnc(Cl)cc1-c1cc(C2(C(=O)N(C)C)CC2)ccc1C(=O)NC(=N)SC(=N)C#CC1CC1. The van der Waals surface area contributed by atoms with Crippen LogP contribution >= 0.6 is 23.4 Å². The third-order valence-electron chi connectivity index (χ3n) is 6.12. The van der Waals surface area contributed by atoms with Crippen molar-refractivity contribution in [3.05, 3.63) is 46.7 Å². The van der Waals surface area contributed by atoms with Crippen LogP contribution < -0.4 is 10.1 Å². The first-order chi connectivity index (χ1) is 17.1. The van der Waals surface area contributed by atoms with E-state index in [1.54, 1.807) is 37.2 Å². The topological polar surface area (TPSA) is 119 Å². The quantitative estimate of drug-likeness (QED) is 0.233.